The van der Waals surface area contributed by atoms with Crippen LogP contribution in [0.5, 0.6) is 0 Å². The molecule has 21 heavy (non-hydrogen) atoms. The Balaban J connectivity index is 1.90. The fourth-order valence-corrected chi connectivity index (χ4v) is 3.13. The number of carbonyl (C=O) groups excluding carboxylic acids is 2. The second kappa shape index (κ2) is 5.48. The van der Waals surface area contributed by atoms with Gasteiger partial charge in [0, 0.05) is 6.04 Å². The lowest BCUT2D eigenvalue weighted by molar-refractivity contribution is -0.123. The maximum absolute atomic E-state index is 11.7. The lowest BCUT2D eigenvalue weighted by atomic mass is 9.90. The molecule has 0 saturated heterocycles. The number of nitrogens with one attached hydrogen (secondary N) is 3. The van der Waals surface area contributed by atoms with Crippen LogP contribution < -0.4 is 16.0 Å². The summed E-state index contributed by atoms with van der Waals surface area (Å²) in [7, 11) is 1.97. The number of benzene rings is 1. The van der Waals surface area contributed by atoms with Crippen LogP contribution in [0.4, 0.5) is 11.4 Å². The third kappa shape index (κ3) is 2.93. The maximum atomic E-state index is 11.7. The van der Waals surface area contributed by atoms with Crippen molar-refractivity contribution in [3.8, 4) is 0 Å². The first-order valence-corrected chi connectivity index (χ1v) is 7.49. The van der Waals surface area contributed by atoms with Crippen LogP contribution in [0, 0.1) is 11.8 Å². The molecule has 0 spiro atoms. The number of hydrogen-bond donors (Lipinski definition) is 3. The summed E-state index contributed by atoms with van der Waals surface area (Å²) in [6.07, 6.45) is 2.48. The molecule has 1 aliphatic heterocycles. The Hall–Kier alpha value is -1.88. The van der Waals surface area contributed by atoms with Gasteiger partial charge in [0.25, 0.3) is 0 Å². The number of hydrogen-bond acceptors (Lipinski definition) is 3. The van der Waals surface area contributed by atoms with E-state index in [0.717, 1.165) is 11.5 Å². The van der Waals surface area contributed by atoms with Crippen LogP contribution in [-0.2, 0) is 9.59 Å². The van der Waals surface area contributed by atoms with Crippen molar-refractivity contribution >= 4 is 23.2 Å². The molecule has 0 aromatic heterocycles. The van der Waals surface area contributed by atoms with Gasteiger partial charge in [-0.15, -0.1) is 0 Å². The van der Waals surface area contributed by atoms with E-state index in [-0.39, 0.29) is 24.3 Å². The molecule has 2 atom stereocenters. The van der Waals surface area contributed by atoms with Crippen LogP contribution in [0.15, 0.2) is 18.2 Å². The molecular formula is C16H21N3O2. The first-order chi connectivity index (χ1) is 10.1. The molecule has 1 fully saturated rings. The zero-order valence-electron chi connectivity index (χ0n) is 12.4. The summed E-state index contributed by atoms with van der Waals surface area (Å²) >= 11 is 0. The second-order valence-corrected chi connectivity index (χ2v) is 6.04. The molecule has 0 radical (unpaired) electrons. The standard InChI is InChI=1S/C16H21N3O2/c1-9(10-3-4-10)16(17-2)11-5-6-12-13(7-11)19-15(21)8-14(20)18-12/h5-7,9-10,16-17H,3-4,8H2,1-2H3,(H,18,20)(H,19,21). The maximum Gasteiger partial charge on any atom is 0.233 e. The molecule has 3 N–H and O–H groups in total. The van der Waals surface area contributed by atoms with Gasteiger partial charge in [0.1, 0.15) is 6.42 Å². The van der Waals surface area contributed by atoms with E-state index >= 15 is 0 Å². The van der Waals surface area contributed by atoms with E-state index < -0.39 is 0 Å². The minimum Gasteiger partial charge on any atom is -0.324 e. The van der Waals surface area contributed by atoms with Crippen LogP contribution in [0.2, 0.25) is 0 Å². The Morgan fingerprint density at radius 3 is 2.43 bits per heavy atom. The summed E-state index contributed by atoms with van der Waals surface area (Å²) in [6, 6.07) is 6.13. The van der Waals surface area contributed by atoms with Crippen LogP contribution in [0.1, 0.15) is 37.8 Å². The summed E-state index contributed by atoms with van der Waals surface area (Å²) in [4.78, 5) is 23.2. The van der Waals surface area contributed by atoms with E-state index in [1.165, 1.54) is 12.8 Å². The average molecular weight is 287 g/mol. The van der Waals surface area contributed by atoms with Crippen molar-refractivity contribution in [2.24, 2.45) is 11.8 Å². The monoisotopic (exact) mass is 287 g/mol. The summed E-state index contributed by atoms with van der Waals surface area (Å²) in [5.41, 5.74) is 2.50. The number of amides is 2. The molecular weight excluding hydrogens is 266 g/mol. The molecule has 2 aliphatic rings. The quantitative estimate of drug-likeness (QED) is 0.744. The second-order valence-electron chi connectivity index (χ2n) is 6.04. The molecule has 1 aromatic rings. The van der Waals surface area contributed by atoms with E-state index in [1.54, 1.807) is 0 Å². The fraction of sp³-hybridized carbons (Fsp3) is 0.500. The molecule has 2 amide bonds. The van der Waals surface area contributed by atoms with E-state index in [2.05, 4.69) is 22.9 Å². The molecule has 1 heterocycles. The van der Waals surface area contributed by atoms with Gasteiger partial charge in [-0.1, -0.05) is 13.0 Å². The zero-order chi connectivity index (χ0) is 15.0. The van der Waals surface area contributed by atoms with Crippen LogP contribution in [-0.4, -0.2) is 18.9 Å². The highest BCUT2D eigenvalue weighted by molar-refractivity contribution is 6.13. The predicted molar refractivity (Wildman–Crippen MR) is 82.0 cm³/mol. The number of fused-ring (bicyclic) bond motifs is 1. The lowest BCUT2D eigenvalue weighted by Crippen LogP contribution is -2.25. The molecule has 1 aliphatic carbocycles. The van der Waals surface area contributed by atoms with Gasteiger partial charge >= 0.3 is 0 Å². The minimum absolute atomic E-state index is 0.127. The normalized spacial score (nSPS) is 20.9. The van der Waals surface area contributed by atoms with Crippen molar-refractivity contribution < 1.29 is 9.59 Å². The van der Waals surface area contributed by atoms with Gasteiger partial charge in [-0.05, 0) is 49.4 Å². The smallest absolute Gasteiger partial charge is 0.233 e. The average Bonchev–Trinajstić information content (AvgIpc) is 3.25. The topological polar surface area (TPSA) is 70.2 Å². The van der Waals surface area contributed by atoms with Crippen LogP contribution >= 0.6 is 0 Å². The summed E-state index contributed by atoms with van der Waals surface area (Å²) in [6.45, 7) is 2.27. The molecule has 112 valence electrons. The third-order valence-electron chi connectivity index (χ3n) is 4.47. The van der Waals surface area contributed by atoms with Crippen molar-refractivity contribution in [3.05, 3.63) is 23.8 Å². The highest BCUT2D eigenvalue weighted by Crippen LogP contribution is 2.43. The van der Waals surface area contributed by atoms with Gasteiger partial charge in [0.15, 0.2) is 0 Å². The van der Waals surface area contributed by atoms with Crippen molar-refractivity contribution in [1.82, 2.24) is 5.32 Å². The number of carbonyl (C=O) groups is 2. The molecule has 1 saturated carbocycles. The Labute approximate surface area is 124 Å². The molecule has 2 unspecified atom stereocenters. The highest BCUT2D eigenvalue weighted by atomic mass is 16.2. The van der Waals surface area contributed by atoms with Crippen molar-refractivity contribution in [2.45, 2.75) is 32.2 Å². The fourth-order valence-electron chi connectivity index (χ4n) is 3.13. The Morgan fingerprint density at radius 2 is 1.81 bits per heavy atom. The Morgan fingerprint density at radius 1 is 1.14 bits per heavy atom. The van der Waals surface area contributed by atoms with Gasteiger partial charge in [-0.2, -0.15) is 0 Å². The SMILES string of the molecule is CNC(c1ccc2c(c1)NC(=O)CC(=O)N2)C(C)C1CC1. The summed E-state index contributed by atoms with van der Waals surface area (Å²) in [5.74, 6) is 0.815. The van der Waals surface area contributed by atoms with Gasteiger partial charge in [-0.25, -0.2) is 0 Å². The highest BCUT2D eigenvalue weighted by Gasteiger charge is 2.33. The largest absolute Gasteiger partial charge is 0.324 e. The first-order valence-electron chi connectivity index (χ1n) is 7.49. The van der Waals surface area contributed by atoms with Crippen LogP contribution in [0.25, 0.3) is 0 Å². The molecule has 5 nitrogen and oxygen atoms in total. The summed E-state index contributed by atoms with van der Waals surface area (Å²) < 4.78 is 0. The predicted octanol–water partition coefficient (Wildman–Crippen LogP) is 2.27. The first kappa shape index (κ1) is 14.1. The van der Waals surface area contributed by atoms with Crippen molar-refractivity contribution in [3.63, 3.8) is 0 Å². The van der Waals surface area contributed by atoms with Crippen molar-refractivity contribution in [1.29, 1.82) is 0 Å². The van der Waals surface area contributed by atoms with Gasteiger partial charge < -0.3 is 16.0 Å². The lowest BCUT2D eigenvalue weighted by Gasteiger charge is -2.25. The number of anilines is 2. The van der Waals surface area contributed by atoms with Crippen molar-refractivity contribution in [2.75, 3.05) is 17.7 Å². The minimum atomic E-state index is -0.268. The van der Waals surface area contributed by atoms with E-state index in [0.29, 0.717) is 17.3 Å². The number of rotatable bonds is 4. The van der Waals surface area contributed by atoms with E-state index in [1.807, 2.05) is 25.2 Å². The van der Waals surface area contributed by atoms with Gasteiger partial charge in [-0.3, -0.25) is 9.59 Å². The zero-order valence-corrected chi connectivity index (χ0v) is 12.4. The van der Waals surface area contributed by atoms with Crippen LogP contribution in [0.3, 0.4) is 0 Å². The van der Waals surface area contributed by atoms with Gasteiger partial charge in [0.2, 0.25) is 11.8 Å². The Bertz CT molecular complexity index is 581. The molecule has 0 bridgehead atoms. The molecule has 3 rings (SSSR count). The Kier molecular flexibility index (Phi) is 3.68. The third-order valence-corrected chi connectivity index (χ3v) is 4.47. The van der Waals surface area contributed by atoms with Gasteiger partial charge in [0.05, 0.1) is 11.4 Å². The van der Waals surface area contributed by atoms with E-state index in [4.69, 9.17) is 0 Å². The molecule has 1 aromatic carbocycles. The summed E-state index contributed by atoms with van der Waals surface area (Å²) in [5, 5.41) is 8.95. The molecule has 5 heteroatoms. The van der Waals surface area contributed by atoms with E-state index in [9.17, 15) is 9.59 Å².